The third-order valence-electron chi connectivity index (χ3n) is 4.88. The minimum atomic E-state index is 0.0707. The summed E-state index contributed by atoms with van der Waals surface area (Å²) in [5.41, 5.74) is 8.51. The Hall–Kier alpha value is -1.35. The number of halogens is 1. The third-order valence-corrected chi connectivity index (χ3v) is 5.55. The molecule has 0 atom stereocenters. The summed E-state index contributed by atoms with van der Waals surface area (Å²) in [6, 6.07) is 13.8. The van der Waals surface area contributed by atoms with Crippen LogP contribution in [0.5, 0.6) is 0 Å². The molecule has 0 fully saturated rings. The second-order valence-electron chi connectivity index (χ2n) is 6.65. The molecule has 1 aliphatic carbocycles. The van der Waals surface area contributed by atoms with E-state index in [1.807, 2.05) is 0 Å². The summed E-state index contributed by atoms with van der Waals surface area (Å²) >= 11 is 2.41. The smallest absolute Gasteiger partial charge is 0.0159 e. The minimum Gasteiger partial charge on any atom is -0.0877 e. The lowest BCUT2D eigenvalue weighted by Crippen LogP contribution is -2.15. The third kappa shape index (κ3) is 2.80. The molecule has 0 heterocycles. The summed E-state index contributed by atoms with van der Waals surface area (Å²) in [5.74, 6) is 0. The Bertz CT molecular complexity index is 807. The maximum atomic E-state index is 2.41. The van der Waals surface area contributed by atoms with E-state index in [9.17, 15) is 0 Å². The monoisotopic (exact) mass is 414 g/mol. The number of fused-ring (bicyclic) bond motifs is 3. The zero-order chi connectivity index (χ0) is 16.6. The second kappa shape index (κ2) is 6.27. The van der Waals surface area contributed by atoms with E-state index in [-0.39, 0.29) is 5.41 Å². The van der Waals surface area contributed by atoms with Gasteiger partial charge >= 0.3 is 0 Å². The Morgan fingerprint density at radius 2 is 1.70 bits per heavy atom. The molecule has 3 rings (SSSR count). The van der Waals surface area contributed by atoms with Crippen molar-refractivity contribution in [2.45, 2.75) is 39.5 Å². The van der Waals surface area contributed by atoms with Gasteiger partial charge in [0.2, 0.25) is 0 Å². The molecule has 1 heteroatoms. The van der Waals surface area contributed by atoms with E-state index in [1.54, 1.807) is 0 Å². The van der Waals surface area contributed by atoms with Crippen LogP contribution in [0.15, 0.2) is 54.6 Å². The summed E-state index contributed by atoms with van der Waals surface area (Å²) in [5, 5.41) is 0. The second-order valence-corrected chi connectivity index (χ2v) is 7.89. The van der Waals surface area contributed by atoms with Crippen molar-refractivity contribution in [3.8, 4) is 11.1 Å². The fraction of sp³-hybridized carbons (Fsp3) is 0.273. The highest BCUT2D eigenvalue weighted by atomic mass is 127. The van der Waals surface area contributed by atoms with Gasteiger partial charge in [-0.05, 0) is 87.5 Å². The van der Waals surface area contributed by atoms with Crippen molar-refractivity contribution < 1.29 is 0 Å². The molecule has 0 spiro atoms. The van der Waals surface area contributed by atoms with Crippen LogP contribution in [0.3, 0.4) is 0 Å². The van der Waals surface area contributed by atoms with Gasteiger partial charge in [0.05, 0.1) is 0 Å². The molecule has 2 aromatic rings. The van der Waals surface area contributed by atoms with Crippen LogP contribution in [0.2, 0.25) is 0 Å². The van der Waals surface area contributed by atoms with E-state index >= 15 is 0 Å². The van der Waals surface area contributed by atoms with E-state index < -0.39 is 0 Å². The first-order valence-electron chi connectivity index (χ1n) is 8.26. The molecule has 0 aromatic heterocycles. The molecule has 0 nitrogen and oxygen atoms in total. The van der Waals surface area contributed by atoms with Gasteiger partial charge in [-0.1, -0.05) is 57.2 Å². The van der Waals surface area contributed by atoms with Crippen LogP contribution in [0.4, 0.5) is 0 Å². The van der Waals surface area contributed by atoms with E-state index in [4.69, 9.17) is 0 Å². The molecule has 118 valence electrons. The van der Waals surface area contributed by atoms with Gasteiger partial charge in [-0.3, -0.25) is 0 Å². The maximum Gasteiger partial charge on any atom is 0.0159 e. The van der Waals surface area contributed by atoms with Gasteiger partial charge in [-0.25, -0.2) is 0 Å². The van der Waals surface area contributed by atoms with Crippen LogP contribution >= 0.6 is 22.6 Å². The van der Waals surface area contributed by atoms with Crippen LogP contribution in [-0.4, -0.2) is 0 Å². The van der Waals surface area contributed by atoms with Crippen molar-refractivity contribution in [2.24, 2.45) is 0 Å². The highest BCUT2D eigenvalue weighted by Crippen LogP contribution is 2.49. The molecule has 0 saturated heterocycles. The van der Waals surface area contributed by atoms with Crippen LogP contribution in [0, 0.1) is 3.57 Å². The highest BCUT2D eigenvalue weighted by Gasteiger charge is 2.35. The standard InChI is InChI=1S/C22H23I/c1-5-7-8-15(6-2)16-9-11-18-19-12-10-17(23)14-21(19)22(3,4)20(18)13-16/h5,7-14H,6H2,1-4H3/b7-5-,15-8+. The summed E-state index contributed by atoms with van der Waals surface area (Å²) in [6.07, 6.45) is 7.51. The van der Waals surface area contributed by atoms with Gasteiger partial charge in [0.1, 0.15) is 0 Å². The maximum absolute atomic E-state index is 2.41. The lowest BCUT2D eigenvalue weighted by Gasteiger charge is -2.22. The lowest BCUT2D eigenvalue weighted by atomic mass is 9.81. The van der Waals surface area contributed by atoms with Crippen molar-refractivity contribution in [3.05, 3.63) is 74.9 Å². The molecule has 0 amide bonds. The Labute approximate surface area is 153 Å². The van der Waals surface area contributed by atoms with Crippen molar-refractivity contribution in [2.75, 3.05) is 0 Å². The van der Waals surface area contributed by atoms with E-state index in [2.05, 4.69) is 105 Å². The minimum absolute atomic E-state index is 0.0707. The van der Waals surface area contributed by atoms with Gasteiger partial charge < -0.3 is 0 Å². The molecule has 0 aliphatic heterocycles. The average Bonchev–Trinajstić information content (AvgIpc) is 2.76. The van der Waals surface area contributed by atoms with Gasteiger partial charge in [-0.15, -0.1) is 0 Å². The predicted molar refractivity (Wildman–Crippen MR) is 110 cm³/mol. The molecular formula is C22H23I. The summed E-state index contributed by atoms with van der Waals surface area (Å²) in [6.45, 7) is 8.98. The molecule has 0 N–H and O–H groups in total. The largest absolute Gasteiger partial charge is 0.0877 e. The number of hydrogen-bond acceptors (Lipinski definition) is 0. The predicted octanol–water partition coefficient (Wildman–Crippen LogP) is 6.97. The summed E-state index contributed by atoms with van der Waals surface area (Å²) in [4.78, 5) is 0. The molecular weight excluding hydrogens is 391 g/mol. The summed E-state index contributed by atoms with van der Waals surface area (Å²) in [7, 11) is 0. The van der Waals surface area contributed by atoms with Gasteiger partial charge in [0.25, 0.3) is 0 Å². The van der Waals surface area contributed by atoms with Crippen LogP contribution in [-0.2, 0) is 5.41 Å². The van der Waals surface area contributed by atoms with Crippen molar-refractivity contribution in [3.63, 3.8) is 0 Å². The molecule has 23 heavy (non-hydrogen) atoms. The van der Waals surface area contributed by atoms with Crippen LogP contribution < -0.4 is 0 Å². The number of benzene rings is 2. The first kappa shape index (κ1) is 16.5. The zero-order valence-corrected chi connectivity index (χ0v) is 16.4. The lowest BCUT2D eigenvalue weighted by molar-refractivity contribution is 0.659. The first-order valence-corrected chi connectivity index (χ1v) is 9.34. The van der Waals surface area contributed by atoms with Crippen molar-refractivity contribution >= 4 is 28.2 Å². The molecule has 0 bridgehead atoms. The Morgan fingerprint density at radius 3 is 2.35 bits per heavy atom. The topological polar surface area (TPSA) is 0 Å². The molecule has 0 radical (unpaired) electrons. The van der Waals surface area contributed by atoms with E-state index in [1.165, 1.54) is 37.0 Å². The van der Waals surface area contributed by atoms with Gasteiger partial charge in [0, 0.05) is 8.99 Å². The Balaban J connectivity index is 2.16. The van der Waals surface area contributed by atoms with Crippen molar-refractivity contribution in [1.82, 2.24) is 0 Å². The molecule has 0 unspecified atom stereocenters. The van der Waals surface area contributed by atoms with Crippen LogP contribution in [0.1, 0.15) is 50.8 Å². The number of allylic oxidation sites excluding steroid dienone is 4. The fourth-order valence-corrected chi connectivity index (χ4v) is 4.03. The zero-order valence-electron chi connectivity index (χ0n) is 14.3. The normalized spacial score (nSPS) is 15.8. The Morgan fingerprint density at radius 1 is 1.04 bits per heavy atom. The summed E-state index contributed by atoms with van der Waals surface area (Å²) < 4.78 is 1.31. The Kier molecular flexibility index (Phi) is 4.50. The average molecular weight is 414 g/mol. The van der Waals surface area contributed by atoms with E-state index in [0.717, 1.165) is 6.42 Å². The van der Waals surface area contributed by atoms with Crippen molar-refractivity contribution in [1.29, 1.82) is 0 Å². The number of rotatable bonds is 3. The fourth-order valence-electron chi connectivity index (χ4n) is 3.54. The van der Waals surface area contributed by atoms with Gasteiger partial charge in [-0.2, -0.15) is 0 Å². The molecule has 2 aromatic carbocycles. The van der Waals surface area contributed by atoms with Gasteiger partial charge in [0.15, 0.2) is 0 Å². The molecule has 0 saturated carbocycles. The van der Waals surface area contributed by atoms with E-state index in [0.29, 0.717) is 0 Å². The van der Waals surface area contributed by atoms with Crippen LogP contribution in [0.25, 0.3) is 16.7 Å². The SMILES string of the molecule is C/C=C\C=C(/CC)c1ccc2c(c1)C(C)(C)c1cc(I)ccc1-2. The quantitative estimate of drug-likeness (QED) is 0.376. The highest BCUT2D eigenvalue weighted by molar-refractivity contribution is 14.1. The first-order chi connectivity index (χ1) is 11.0. The number of hydrogen-bond donors (Lipinski definition) is 0. The molecule has 1 aliphatic rings.